The van der Waals surface area contributed by atoms with Gasteiger partial charge >= 0.3 is 0 Å². The molecular weight excluding hydrogens is 280 g/mol. The van der Waals surface area contributed by atoms with Gasteiger partial charge in [0.25, 0.3) is 11.6 Å². The van der Waals surface area contributed by atoms with Gasteiger partial charge in [-0.25, -0.2) is 0 Å². The molecule has 0 aromatic heterocycles. The molecule has 1 amide bonds. The number of hydrogen-bond acceptors (Lipinski definition) is 3. The standard InChI is InChI=1S/C14H17ClN2O3/c1-9-4-3-5-10(2)16(9)14(18)12-7-6-11(15)8-13(12)17(19)20/h6-10H,3-5H2,1-2H3/t9-,10-/m0/s1. The average Bonchev–Trinajstić information content (AvgIpc) is 2.38. The van der Waals surface area contributed by atoms with E-state index in [1.807, 2.05) is 13.8 Å². The third-order valence-corrected chi connectivity index (χ3v) is 4.05. The highest BCUT2D eigenvalue weighted by Crippen LogP contribution is 2.29. The van der Waals surface area contributed by atoms with Crippen LogP contribution in [0.1, 0.15) is 43.5 Å². The lowest BCUT2D eigenvalue weighted by Gasteiger charge is -2.39. The zero-order valence-corrected chi connectivity index (χ0v) is 12.3. The van der Waals surface area contributed by atoms with Crippen LogP contribution >= 0.6 is 11.6 Å². The fourth-order valence-electron chi connectivity index (χ4n) is 2.80. The molecule has 0 unspecified atom stereocenters. The van der Waals surface area contributed by atoms with E-state index in [-0.39, 0.29) is 34.3 Å². The normalized spacial score (nSPS) is 22.6. The molecule has 1 aliphatic rings. The highest BCUT2D eigenvalue weighted by molar-refractivity contribution is 6.31. The topological polar surface area (TPSA) is 63.5 Å². The van der Waals surface area contributed by atoms with Gasteiger partial charge in [0.2, 0.25) is 0 Å². The molecule has 108 valence electrons. The van der Waals surface area contributed by atoms with Crippen LogP contribution in [0.5, 0.6) is 0 Å². The molecule has 1 heterocycles. The number of rotatable bonds is 2. The van der Waals surface area contributed by atoms with Gasteiger partial charge in [-0.1, -0.05) is 11.6 Å². The highest BCUT2D eigenvalue weighted by Gasteiger charge is 2.33. The Balaban J connectivity index is 2.40. The summed E-state index contributed by atoms with van der Waals surface area (Å²) in [5, 5.41) is 11.4. The molecule has 1 aromatic rings. The summed E-state index contributed by atoms with van der Waals surface area (Å²) in [7, 11) is 0. The van der Waals surface area contributed by atoms with E-state index in [9.17, 15) is 14.9 Å². The summed E-state index contributed by atoms with van der Waals surface area (Å²) in [4.78, 5) is 24.9. The van der Waals surface area contributed by atoms with E-state index in [0.29, 0.717) is 0 Å². The van der Waals surface area contributed by atoms with Gasteiger partial charge in [0, 0.05) is 23.2 Å². The number of likely N-dealkylation sites (tertiary alicyclic amines) is 1. The fourth-order valence-corrected chi connectivity index (χ4v) is 2.96. The number of halogens is 1. The van der Waals surface area contributed by atoms with E-state index in [0.717, 1.165) is 19.3 Å². The minimum Gasteiger partial charge on any atom is -0.333 e. The number of nitrogens with zero attached hydrogens (tertiary/aromatic N) is 2. The second-order valence-electron chi connectivity index (χ2n) is 5.26. The minimum atomic E-state index is -0.557. The lowest BCUT2D eigenvalue weighted by Crippen LogP contribution is -2.47. The molecule has 2 rings (SSSR count). The van der Waals surface area contributed by atoms with Crippen molar-refractivity contribution in [3.8, 4) is 0 Å². The molecule has 1 saturated heterocycles. The molecular formula is C14H17ClN2O3. The maximum absolute atomic E-state index is 12.6. The van der Waals surface area contributed by atoms with Crippen molar-refractivity contribution >= 4 is 23.2 Å². The average molecular weight is 297 g/mol. The van der Waals surface area contributed by atoms with Crippen molar-refractivity contribution in [1.82, 2.24) is 4.90 Å². The molecule has 20 heavy (non-hydrogen) atoms. The van der Waals surface area contributed by atoms with Crippen LogP contribution < -0.4 is 0 Å². The summed E-state index contributed by atoms with van der Waals surface area (Å²) in [6.45, 7) is 3.96. The largest absolute Gasteiger partial charge is 0.333 e. The van der Waals surface area contributed by atoms with Crippen molar-refractivity contribution in [2.45, 2.75) is 45.2 Å². The zero-order valence-electron chi connectivity index (χ0n) is 11.5. The Kier molecular flexibility index (Phi) is 4.28. The lowest BCUT2D eigenvalue weighted by atomic mass is 9.96. The van der Waals surface area contributed by atoms with Gasteiger partial charge in [0.1, 0.15) is 5.56 Å². The van der Waals surface area contributed by atoms with Crippen molar-refractivity contribution < 1.29 is 9.72 Å². The van der Waals surface area contributed by atoms with E-state index in [2.05, 4.69) is 0 Å². The van der Waals surface area contributed by atoms with Crippen LogP contribution in [-0.4, -0.2) is 27.8 Å². The van der Waals surface area contributed by atoms with E-state index in [1.54, 1.807) is 4.90 Å². The minimum absolute atomic E-state index is 0.0986. The van der Waals surface area contributed by atoms with Crippen molar-refractivity contribution in [2.75, 3.05) is 0 Å². The summed E-state index contributed by atoms with van der Waals surface area (Å²) in [6.07, 6.45) is 2.93. The first-order valence-electron chi connectivity index (χ1n) is 6.68. The first-order valence-corrected chi connectivity index (χ1v) is 7.06. The van der Waals surface area contributed by atoms with Crippen molar-refractivity contribution in [3.63, 3.8) is 0 Å². The van der Waals surface area contributed by atoms with E-state index in [4.69, 9.17) is 11.6 Å². The van der Waals surface area contributed by atoms with Gasteiger partial charge in [-0.3, -0.25) is 14.9 Å². The Morgan fingerprint density at radius 2 is 1.95 bits per heavy atom. The monoisotopic (exact) mass is 296 g/mol. The number of hydrogen-bond donors (Lipinski definition) is 0. The van der Waals surface area contributed by atoms with Crippen molar-refractivity contribution in [2.24, 2.45) is 0 Å². The summed E-state index contributed by atoms with van der Waals surface area (Å²) >= 11 is 5.78. The highest BCUT2D eigenvalue weighted by atomic mass is 35.5. The third kappa shape index (κ3) is 2.77. The smallest absolute Gasteiger partial charge is 0.283 e. The van der Waals surface area contributed by atoms with Gasteiger partial charge in [0.15, 0.2) is 0 Å². The molecule has 0 saturated carbocycles. The zero-order chi connectivity index (χ0) is 14.9. The molecule has 2 atom stereocenters. The van der Waals surface area contributed by atoms with Crippen LogP contribution in [0.4, 0.5) is 5.69 Å². The molecule has 0 aliphatic carbocycles. The molecule has 5 nitrogen and oxygen atoms in total. The summed E-state index contributed by atoms with van der Waals surface area (Å²) in [6, 6.07) is 4.38. The Labute approximate surface area is 122 Å². The number of piperidine rings is 1. The second kappa shape index (κ2) is 5.79. The summed E-state index contributed by atoms with van der Waals surface area (Å²) in [5.74, 6) is -0.284. The number of amides is 1. The number of nitro groups is 1. The van der Waals surface area contributed by atoms with E-state index >= 15 is 0 Å². The molecule has 1 fully saturated rings. The van der Waals surface area contributed by atoms with Crippen LogP contribution in [0.3, 0.4) is 0 Å². The first-order chi connectivity index (χ1) is 9.41. The molecule has 0 radical (unpaired) electrons. The Morgan fingerprint density at radius 3 is 2.50 bits per heavy atom. The lowest BCUT2D eigenvalue weighted by molar-refractivity contribution is -0.385. The van der Waals surface area contributed by atoms with Crippen LogP contribution in [0.15, 0.2) is 18.2 Å². The number of benzene rings is 1. The van der Waals surface area contributed by atoms with Crippen molar-refractivity contribution in [1.29, 1.82) is 0 Å². The summed E-state index contributed by atoms with van der Waals surface area (Å²) in [5.41, 5.74) is -0.118. The summed E-state index contributed by atoms with van der Waals surface area (Å²) < 4.78 is 0. The third-order valence-electron chi connectivity index (χ3n) is 3.81. The van der Waals surface area contributed by atoms with Crippen LogP contribution in [0.2, 0.25) is 5.02 Å². The molecule has 0 spiro atoms. The maximum Gasteiger partial charge on any atom is 0.283 e. The van der Waals surface area contributed by atoms with E-state index < -0.39 is 4.92 Å². The number of carbonyl (C=O) groups is 1. The predicted molar refractivity (Wildman–Crippen MR) is 77.1 cm³/mol. The van der Waals surface area contributed by atoms with Gasteiger partial charge in [-0.05, 0) is 45.2 Å². The molecule has 0 N–H and O–H groups in total. The van der Waals surface area contributed by atoms with Gasteiger partial charge in [0.05, 0.1) is 4.92 Å². The SMILES string of the molecule is C[C@H]1CCC[C@H](C)N1C(=O)c1ccc(Cl)cc1[N+](=O)[O-]. The number of nitro benzene ring substituents is 1. The van der Waals surface area contributed by atoms with Crippen molar-refractivity contribution in [3.05, 3.63) is 38.9 Å². The molecule has 1 aliphatic heterocycles. The molecule has 0 bridgehead atoms. The van der Waals surface area contributed by atoms with Gasteiger partial charge in [-0.2, -0.15) is 0 Å². The Hall–Kier alpha value is -1.62. The Morgan fingerprint density at radius 1 is 1.35 bits per heavy atom. The van der Waals surface area contributed by atoms with Crippen LogP contribution in [0, 0.1) is 10.1 Å². The van der Waals surface area contributed by atoms with Gasteiger partial charge in [-0.15, -0.1) is 0 Å². The van der Waals surface area contributed by atoms with Crippen LogP contribution in [-0.2, 0) is 0 Å². The second-order valence-corrected chi connectivity index (χ2v) is 5.70. The first kappa shape index (κ1) is 14.8. The molecule has 1 aromatic carbocycles. The van der Waals surface area contributed by atoms with Gasteiger partial charge < -0.3 is 4.90 Å². The Bertz CT molecular complexity index is 537. The maximum atomic E-state index is 12.6. The number of carbonyl (C=O) groups excluding carboxylic acids is 1. The predicted octanol–water partition coefficient (Wildman–Crippen LogP) is 3.65. The fraction of sp³-hybridized carbons (Fsp3) is 0.500. The molecule has 6 heteroatoms. The quantitative estimate of drug-likeness (QED) is 0.618. The van der Waals surface area contributed by atoms with E-state index in [1.165, 1.54) is 18.2 Å². The van der Waals surface area contributed by atoms with Crippen LogP contribution in [0.25, 0.3) is 0 Å².